The Labute approximate surface area is 388 Å². The molecular formula is C50H86O15. The molecule has 0 aromatic carbocycles. The molecule has 4 unspecified atom stereocenters. The summed E-state index contributed by atoms with van der Waals surface area (Å²) in [5.41, 5.74) is 0. The lowest BCUT2D eigenvalue weighted by Crippen LogP contribution is -2.61. The maximum atomic E-state index is 13.0. The molecule has 0 aromatic heterocycles. The van der Waals surface area contributed by atoms with E-state index in [-0.39, 0.29) is 19.4 Å². The van der Waals surface area contributed by atoms with E-state index in [1.807, 2.05) is 0 Å². The van der Waals surface area contributed by atoms with Crippen LogP contribution in [0.5, 0.6) is 0 Å². The topological polar surface area (TPSA) is 231 Å². The zero-order chi connectivity index (χ0) is 47.5. The van der Waals surface area contributed by atoms with Crippen molar-refractivity contribution in [2.24, 2.45) is 0 Å². The Morgan fingerprint density at radius 3 is 1.52 bits per heavy atom. The maximum Gasteiger partial charge on any atom is 0.306 e. The highest BCUT2D eigenvalue weighted by Gasteiger charge is 2.47. The zero-order valence-electron chi connectivity index (χ0n) is 39.5. The number of esters is 2. The fourth-order valence-corrected chi connectivity index (χ4v) is 7.50. The Bertz CT molecular complexity index is 1320. The minimum atomic E-state index is -1.77. The van der Waals surface area contributed by atoms with Gasteiger partial charge in [-0.05, 0) is 51.4 Å². The van der Waals surface area contributed by atoms with E-state index < -0.39 is 99.3 Å². The van der Waals surface area contributed by atoms with Gasteiger partial charge < -0.3 is 64.2 Å². The molecule has 0 bridgehead atoms. The molecule has 2 aliphatic heterocycles. The van der Waals surface area contributed by atoms with Gasteiger partial charge >= 0.3 is 11.9 Å². The predicted octanol–water partition coefficient (Wildman–Crippen LogP) is 6.32. The molecule has 7 N–H and O–H groups in total. The highest BCUT2D eigenvalue weighted by molar-refractivity contribution is 5.70. The van der Waals surface area contributed by atoms with Gasteiger partial charge in [0, 0.05) is 12.8 Å². The van der Waals surface area contributed by atoms with Crippen LogP contribution in [-0.2, 0) is 38.0 Å². The summed E-state index contributed by atoms with van der Waals surface area (Å²) in [6.45, 7) is 2.42. The van der Waals surface area contributed by atoms with Crippen LogP contribution in [0.15, 0.2) is 48.6 Å². The molecule has 11 atom stereocenters. The number of ether oxygens (including phenoxy) is 6. The van der Waals surface area contributed by atoms with E-state index in [2.05, 4.69) is 62.5 Å². The number of aliphatic hydroxyl groups excluding tert-OH is 7. The van der Waals surface area contributed by atoms with Crippen LogP contribution in [0.1, 0.15) is 162 Å². The van der Waals surface area contributed by atoms with Crippen molar-refractivity contribution in [2.45, 2.75) is 229 Å². The van der Waals surface area contributed by atoms with Crippen LogP contribution in [0.3, 0.4) is 0 Å². The average Bonchev–Trinajstić information content (AvgIpc) is 3.30. The number of hydrogen-bond donors (Lipinski definition) is 7. The van der Waals surface area contributed by atoms with Gasteiger partial charge in [-0.25, -0.2) is 0 Å². The molecule has 0 aliphatic carbocycles. The van der Waals surface area contributed by atoms with Gasteiger partial charge in [0.2, 0.25) is 0 Å². The zero-order valence-corrected chi connectivity index (χ0v) is 39.5. The van der Waals surface area contributed by atoms with Gasteiger partial charge in [0.15, 0.2) is 18.7 Å². The van der Waals surface area contributed by atoms with Crippen molar-refractivity contribution in [3.8, 4) is 0 Å². The van der Waals surface area contributed by atoms with Crippen molar-refractivity contribution in [3.63, 3.8) is 0 Å². The number of rotatable bonds is 37. The van der Waals surface area contributed by atoms with E-state index in [9.17, 15) is 45.3 Å². The summed E-state index contributed by atoms with van der Waals surface area (Å²) in [4.78, 5) is 25.7. The van der Waals surface area contributed by atoms with Crippen LogP contribution in [0.2, 0.25) is 0 Å². The lowest BCUT2D eigenvalue weighted by atomic mass is 9.98. The largest absolute Gasteiger partial charge is 0.462 e. The molecule has 65 heavy (non-hydrogen) atoms. The van der Waals surface area contributed by atoms with Crippen molar-refractivity contribution in [2.75, 3.05) is 26.4 Å². The first kappa shape index (κ1) is 58.6. The lowest BCUT2D eigenvalue weighted by Gasteiger charge is -2.42. The number of carbonyl (C=O) groups excluding carboxylic acids is 2. The summed E-state index contributed by atoms with van der Waals surface area (Å²) in [6.07, 6.45) is 22.9. The molecular weight excluding hydrogens is 841 g/mol. The molecule has 0 saturated carbocycles. The Morgan fingerprint density at radius 1 is 0.508 bits per heavy atom. The Balaban J connectivity index is 1.85. The molecule has 15 nitrogen and oxygen atoms in total. The van der Waals surface area contributed by atoms with Crippen LogP contribution in [0, 0.1) is 0 Å². The van der Waals surface area contributed by atoms with Crippen molar-refractivity contribution in [1.82, 2.24) is 0 Å². The van der Waals surface area contributed by atoms with Crippen LogP contribution >= 0.6 is 0 Å². The first-order chi connectivity index (χ1) is 31.5. The minimum Gasteiger partial charge on any atom is -0.462 e. The molecule has 2 heterocycles. The van der Waals surface area contributed by atoms with Gasteiger partial charge in [-0.2, -0.15) is 0 Å². The summed E-state index contributed by atoms with van der Waals surface area (Å²) in [5, 5.41) is 72.0. The van der Waals surface area contributed by atoms with Gasteiger partial charge in [-0.3, -0.25) is 9.59 Å². The van der Waals surface area contributed by atoms with Crippen molar-refractivity contribution in [1.29, 1.82) is 0 Å². The SMILES string of the molecule is CC/C=C/C/C=C/C/C=C/C/C=C/CCCCC(=O)OC[C@H](CO[C@@H]1O[C@H](CO[C@@H]2O[C@H](CO)[C@H](O)C(O)C2O)[C@H](O)C(O)C1O)OC(=O)CCCCCCCCCCCCCCCC. The molecule has 2 saturated heterocycles. The second kappa shape index (κ2) is 37.4. The third-order valence-electron chi connectivity index (χ3n) is 11.6. The molecule has 2 aliphatic rings. The monoisotopic (exact) mass is 927 g/mol. The lowest BCUT2D eigenvalue weighted by molar-refractivity contribution is -0.332. The van der Waals surface area contributed by atoms with E-state index >= 15 is 0 Å². The second-order valence-corrected chi connectivity index (χ2v) is 17.3. The van der Waals surface area contributed by atoms with E-state index in [0.29, 0.717) is 12.8 Å². The van der Waals surface area contributed by atoms with Crippen LogP contribution < -0.4 is 0 Å². The first-order valence-electron chi connectivity index (χ1n) is 24.7. The molecule has 15 heteroatoms. The molecule has 0 amide bonds. The van der Waals surface area contributed by atoms with Crippen LogP contribution in [-0.4, -0.2) is 142 Å². The number of carbonyl (C=O) groups is 2. The number of aliphatic hydroxyl groups is 7. The number of hydrogen-bond acceptors (Lipinski definition) is 15. The first-order valence-corrected chi connectivity index (χ1v) is 24.7. The summed E-state index contributed by atoms with van der Waals surface area (Å²) in [5.74, 6) is -0.973. The van der Waals surface area contributed by atoms with Crippen LogP contribution in [0.4, 0.5) is 0 Å². The van der Waals surface area contributed by atoms with E-state index in [0.717, 1.165) is 57.8 Å². The second-order valence-electron chi connectivity index (χ2n) is 17.3. The van der Waals surface area contributed by atoms with Gasteiger partial charge in [0.25, 0.3) is 0 Å². The Hall–Kier alpha value is -2.54. The summed E-state index contributed by atoms with van der Waals surface area (Å²) in [6, 6.07) is 0. The molecule has 0 radical (unpaired) electrons. The smallest absolute Gasteiger partial charge is 0.306 e. The normalized spacial score (nSPS) is 26.8. The molecule has 2 fully saturated rings. The highest BCUT2D eigenvalue weighted by Crippen LogP contribution is 2.26. The fourth-order valence-electron chi connectivity index (χ4n) is 7.50. The highest BCUT2D eigenvalue weighted by atomic mass is 16.7. The standard InChI is InChI=1S/C50H86O15/c1-3-5-7-9-11-13-15-17-19-21-22-24-26-28-30-32-41(52)60-35-38(63-42(53)33-31-29-27-25-23-20-18-16-14-12-10-8-6-4-2)36-61-49-48(59)46(57)44(55)40(65-49)37-62-50-47(58)45(56)43(54)39(34-51)64-50/h5,7,11,13,17,19,22,24,38-40,43-51,54-59H,3-4,6,8-10,12,14-16,18,20-21,23,25-37H2,1-2H3/b7-5+,13-11+,19-17+,24-22+/t38-,39-,40-,43+,44+,45?,46?,47?,48?,49-,50-/m1/s1. The van der Waals surface area contributed by atoms with Gasteiger partial charge in [-0.15, -0.1) is 0 Å². The number of unbranched alkanes of at least 4 members (excludes halogenated alkanes) is 15. The molecule has 2 rings (SSSR count). The van der Waals surface area contributed by atoms with Crippen molar-refractivity contribution in [3.05, 3.63) is 48.6 Å². The van der Waals surface area contributed by atoms with Crippen molar-refractivity contribution < 1.29 is 73.8 Å². The Morgan fingerprint density at radius 2 is 0.969 bits per heavy atom. The van der Waals surface area contributed by atoms with Gasteiger partial charge in [0.05, 0.1) is 19.8 Å². The third kappa shape index (κ3) is 26.0. The predicted molar refractivity (Wildman–Crippen MR) is 247 cm³/mol. The van der Waals surface area contributed by atoms with Crippen molar-refractivity contribution >= 4 is 11.9 Å². The van der Waals surface area contributed by atoms with Gasteiger partial charge in [0.1, 0.15) is 55.4 Å². The van der Waals surface area contributed by atoms with Gasteiger partial charge in [-0.1, -0.05) is 146 Å². The van der Waals surface area contributed by atoms with E-state index in [1.165, 1.54) is 64.2 Å². The fraction of sp³-hybridized carbons (Fsp3) is 0.800. The molecule has 0 spiro atoms. The van der Waals surface area contributed by atoms with Crippen LogP contribution in [0.25, 0.3) is 0 Å². The summed E-state index contributed by atoms with van der Waals surface area (Å²) in [7, 11) is 0. The number of allylic oxidation sites excluding steroid dienone is 8. The summed E-state index contributed by atoms with van der Waals surface area (Å²) < 4.78 is 33.5. The minimum absolute atomic E-state index is 0.157. The van der Waals surface area contributed by atoms with E-state index in [4.69, 9.17) is 28.4 Å². The molecule has 0 aromatic rings. The average molecular weight is 927 g/mol. The third-order valence-corrected chi connectivity index (χ3v) is 11.6. The summed E-state index contributed by atoms with van der Waals surface area (Å²) >= 11 is 0. The molecule has 376 valence electrons. The maximum absolute atomic E-state index is 13.0. The Kier molecular flexibility index (Phi) is 33.7. The quantitative estimate of drug-likeness (QED) is 0.0205. The van der Waals surface area contributed by atoms with E-state index in [1.54, 1.807) is 0 Å².